The molecule has 1 heterocycles. The number of amides is 1. The van der Waals surface area contributed by atoms with Crippen LogP contribution in [0.3, 0.4) is 0 Å². The molecule has 1 aliphatic rings. The molecule has 3 rings (SSSR count). The predicted octanol–water partition coefficient (Wildman–Crippen LogP) is 3.85. The Morgan fingerprint density at radius 2 is 1.50 bits per heavy atom. The van der Waals surface area contributed by atoms with Crippen molar-refractivity contribution >= 4 is 24.2 Å². The summed E-state index contributed by atoms with van der Waals surface area (Å²) < 4.78 is 12.1. The number of carbonyl (C=O) groups excluding carboxylic acids is 1. The number of aryl methyl sites for hydroxylation is 2. The molecule has 2 aromatic carbocycles. The van der Waals surface area contributed by atoms with E-state index in [1.54, 1.807) is 12.1 Å². The first-order chi connectivity index (χ1) is 12.1. The summed E-state index contributed by atoms with van der Waals surface area (Å²) in [7, 11) is -0.420. The van der Waals surface area contributed by atoms with E-state index in [-0.39, 0.29) is 17.1 Å². The summed E-state index contributed by atoms with van der Waals surface area (Å²) in [5.41, 5.74) is 3.75. The Kier molecular flexibility index (Phi) is 4.71. The number of anilines is 1. The number of carbonyl (C=O) groups is 1. The Balaban J connectivity index is 1.74. The molecule has 0 atom stereocenters. The van der Waals surface area contributed by atoms with Gasteiger partial charge in [0.25, 0.3) is 5.91 Å². The third kappa shape index (κ3) is 3.55. The maximum atomic E-state index is 12.5. The SMILES string of the molecule is Cc1ccc(C)c(NC(=O)c2ccc(B3OC(C)(C)C(C)(C)O3)cc2)c1. The van der Waals surface area contributed by atoms with E-state index in [0.717, 1.165) is 22.3 Å². The topological polar surface area (TPSA) is 47.6 Å². The average Bonchev–Trinajstić information content (AvgIpc) is 2.79. The first kappa shape index (κ1) is 18.7. The molecule has 0 radical (unpaired) electrons. The van der Waals surface area contributed by atoms with E-state index in [1.165, 1.54) is 0 Å². The van der Waals surface area contributed by atoms with E-state index in [0.29, 0.717) is 5.56 Å². The van der Waals surface area contributed by atoms with E-state index in [9.17, 15) is 4.79 Å². The molecule has 5 heteroatoms. The van der Waals surface area contributed by atoms with Crippen molar-refractivity contribution in [1.29, 1.82) is 0 Å². The maximum absolute atomic E-state index is 12.5. The monoisotopic (exact) mass is 351 g/mol. The number of benzene rings is 2. The Hall–Kier alpha value is -2.11. The van der Waals surface area contributed by atoms with Crippen molar-refractivity contribution in [2.75, 3.05) is 5.32 Å². The molecule has 1 amide bonds. The zero-order valence-corrected chi connectivity index (χ0v) is 16.3. The quantitative estimate of drug-likeness (QED) is 0.855. The van der Waals surface area contributed by atoms with E-state index >= 15 is 0 Å². The second-order valence-electron chi connectivity index (χ2n) is 7.98. The third-order valence-electron chi connectivity index (χ3n) is 5.34. The van der Waals surface area contributed by atoms with Gasteiger partial charge in [0, 0.05) is 11.3 Å². The van der Waals surface area contributed by atoms with Gasteiger partial charge in [-0.1, -0.05) is 24.3 Å². The molecular formula is C21H26BNO3. The molecule has 0 spiro atoms. The fourth-order valence-corrected chi connectivity index (χ4v) is 2.84. The maximum Gasteiger partial charge on any atom is 0.494 e. The zero-order valence-electron chi connectivity index (χ0n) is 16.3. The van der Waals surface area contributed by atoms with E-state index in [2.05, 4.69) is 5.32 Å². The first-order valence-corrected chi connectivity index (χ1v) is 8.93. The number of hydrogen-bond acceptors (Lipinski definition) is 3. The van der Waals surface area contributed by atoms with Gasteiger partial charge in [0.15, 0.2) is 0 Å². The standard InChI is InChI=1S/C21H26BNO3/c1-14-7-8-15(2)18(13-14)23-19(24)16-9-11-17(12-10-16)22-25-20(3,4)21(5,6)26-22/h7-13H,1-6H3,(H,23,24). The van der Waals surface area contributed by atoms with Crippen LogP contribution >= 0.6 is 0 Å². The van der Waals surface area contributed by atoms with Gasteiger partial charge in [-0.05, 0) is 76.3 Å². The highest BCUT2D eigenvalue weighted by Gasteiger charge is 2.51. The summed E-state index contributed by atoms with van der Waals surface area (Å²) in [6.45, 7) is 12.1. The fourth-order valence-electron chi connectivity index (χ4n) is 2.84. The molecule has 26 heavy (non-hydrogen) atoms. The van der Waals surface area contributed by atoms with Crippen LogP contribution in [0.15, 0.2) is 42.5 Å². The highest BCUT2D eigenvalue weighted by Crippen LogP contribution is 2.36. The highest BCUT2D eigenvalue weighted by atomic mass is 16.7. The third-order valence-corrected chi connectivity index (χ3v) is 5.34. The lowest BCUT2D eigenvalue weighted by Crippen LogP contribution is -2.41. The van der Waals surface area contributed by atoms with Crippen LogP contribution < -0.4 is 10.8 Å². The lowest BCUT2D eigenvalue weighted by atomic mass is 9.79. The smallest absolute Gasteiger partial charge is 0.399 e. The van der Waals surface area contributed by atoms with Gasteiger partial charge in [-0.3, -0.25) is 4.79 Å². The number of nitrogens with one attached hydrogen (secondary N) is 1. The molecule has 0 unspecified atom stereocenters. The van der Waals surface area contributed by atoms with Gasteiger partial charge in [-0.2, -0.15) is 0 Å². The van der Waals surface area contributed by atoms with E-state index in [1.807, 2.05) is 71.9 Å². The largest absolute Gasteiger partial charge is 0.494 e. The molecular weight excluding hydrogens is 325 g/mol. The highest BCUT2D eigenvalue weighted by molar-refractivity contribution is 6.62. The van der Waals surface area contributed by atoms with Crippen LogP contribution in [-0.4, -0.2) is 24.2 Å². The van der Waals surface area contributed by atoms with Crippen LogP contribution in [0.25, 0.3) is 0 Å². The zero-order chi connectivity index (χ0) is 19.1. The minimum absolute atomic E-state index is 0.126. The van der Waals surface area contributed by atoms with Crippen molar-refractivity contribution in [1.82, 2.24) is 0 Å². The van der Waals surface area contributed by atoms with Crippen LogP contribution in [0.4, 0.5) is 5.69 Å². The van der Waals surface area contributed by atoms with Crippen molar-refractivity contribution in [2.45, 2.75) is 52.7 Å². The molecule has 4 nitrogen and oxygen atoms in total. The Labute approximate surface area is 156 Å². The van der Waals surface area contributed by atoms with Crippen molar-refractivity contribution in [3.8, 4) is 0 Å². The number of rotatable bonds is 3. The molecule has 2 aromatic rings. The van der Waals surface area contributed by atoms with Crippen LogP contribution in [0.2, 0.25) is 0 Å². The number of hydrogen-bond donors (Lipinski definition) is 1. The summed E-state index contributed by atoms with van der Waals surface area (Å²) in [5.74, 6) is -0.126. The summed E-state index contributed by atoms with van der Waals surface area (Å²) in [5, 5.41) is 2.98. The first-order valence-electron chi connectivity index (χ1n) is 8.93. The van der Waals surface area contributed by atoms with Crippen LogP contribution in [-0.2, 0) is 9.31 Å². The van der Waals surface area contributed by atoms with Gasteiger partial charge >= 0.3 is 7.12 Å². The Morgan fingerprint density at radius 3 is 2.08 bits per heavy atom. The molecule has 136 valence electrons. The minimum Gasteiger partial charge on any atom is -0.399 e. The van der Waals surface area contributed by atoms with Gasteiger partial charge in [0.05, 0.1) is 11.2 Å². The predicted molar refractivity (Wildman–Crippen MR) is 106 cm³/mol. The van der Waals surface area contributed by atoms with Crippen LogP contribution in [0, 0.1) is 13.8 Å². The summed E-state index contributed by atoms with van der Waals surface area (Å²) in [6.07, 6.45) is 0. The normalized spacial score (nSPS) is 18.0. The lowest BCUT2D eigenvalue weighted by molar-refractivity contribution is 0.00578. The Morgan fingerprint density at radius 1 is 0.923 bits per heavy atom. The second kappa shape index (κ2) is 6.56. The van der Waals surface area contributed by atoms with Gasteiger partial charge in [0.2, 0.25) is 0 Å². The second-order valence-corrected chi connectivity index (χ2v) is 7.98. The van der Waals surface area contributed by atoms with Gasteiger partial charge < -0.3 is 14.6 Å². The van der Waals surface area contributed by atoms with E-state index < -0.39 is 7.12 Å². The van der Waals surface area contributed by atoms with Crippen LogP contribution in [0.1, 0.15) is 49.2 Å². The fraction of sp³-hybridized carbons (Fsp3) is 0.381. The minimum atomic E-state index is -0.420. The van der Waals surface area contributed by atoms with Gasteiger partial charge in [-0.15, -0.1) is 0 Å². The molecule has 0 aromatic heterocycles. The van der Waals surface area contributed by atoms with Crippen molar-refractivity contribution in [3.63, 3.8) is 0 Å². The van der Waals surface area contributed by atoms with Crippen molar-refractivity contribution in [3.05, 3.63) is 59.2 Å². The molecule has 1 aliphatic heterocycles. The van der Waals surface area contributed by atoms with Crippen molar-refractivity contribution < 1.29 is 14.1 Å². The van der Waals surface area contributed by atoms with Gasteiger partial charge in [0.1, 0.15) is 0 Å². The molecule has 0 saturated carbocycles. The van der Waals surface area contributed by atoms with E-state index in [4.69, 9.17) is 9.31 Å². The van der Waals surface area contributed by atoms with Gasteiger partial charge in [-0.25, -0.2) is 0 Å². The Bertz CT molecular complexity index is 812. The summed E-state index contributed by atoms with van der Waals surface area (Å²) in [6, 6.07) is 13.4. The molecule has 0 aliphatic carbocycles. The summed E-state index contributed by atoms with van der Waals surface area (Å²) in [4.78, 5) is 12.5. The lowest BCUT2D eigenvalue weighted by Gasteiger charge is -2.32. The average molecular weight is 351 g/mol. The molecule has 1 saturated heterocycles. The molecule has 1 fully saturated rings. The van der Waals surface area contributed by atoms with Crippen molar-refractivity contribution in [2.24, 2.45) is 0 Å². The summed E-state index contributed by atoms with van der Waals surface area (Å²) >= 11 is 0. The molecule has 1 N–H and O–H groups in total. The molecule has 0 bridgehead atoms. The van der Waals surface area contributed by atoms with Crippen LogP contribution in [0.5, 0.6) is 0 Å².